The summed E-state index contributed by atoms with van der Waals surface area (Å²) in [4.78, 5) is 40.7. The zero-order chi connectivity index (χ0) is 18.7. The van der Waals surface area contributed by atoms with Gasteiger partial charge in [-0.05, 0) is 30.9 Å². The molecule has 0 spiro atoms. The van der Waals surface area contributed by atoms with Crippen molar-refractivity contribution < 1.29 is 19.5 Å². The number of carboxylic acid groups (broad SMARTS) is 1. The molecule has 0 bridgehead atoms. The number of amides is 2. The van der Waals surface area contributed by atoms with Crippen LogP contribution in [-0.4, -0.2) is 64.6 Å². The molecule has 1 aromatic rings. The maximum Gasteiger partial charge on any atom is 0.308 e. The van der Waals surface area contributed by atoms with Crippen LogP contribution in [0.3, 0.4) is 0 Å². The molecule has 140 valence electrons. The molecule has 7 heteroatoms. The first-order chi connectivity index (χ1) is 12.5. The molecule has 1 aromatic carbocycles. The van der Waals surface area contributed by atoms with Gasteiger partial charge >= 0.3 is 5.97 Å². The summed E-state index contributed by atoms with van der Waals surface area (Å²) in [7, 11) is 0. The van der Waals surface area contributed by atoms with Crippen molar-refractivity contribution in [2.75, 3.05) is 31.9 Å². The van der Waals surface area contributed by atoms with Crippen LogP contribution in [0.5, 0.6) is 0 Å². The van der Waals surface area contributed by atoms with Crippen molar-refractivity contribution in [1.82, 2.24) is 9.80 Å². The molecule has 2 amide bonds. The molecule has 2 atom stereocenters. The third kappa shape index (κ3) is 4.03. The topological polar surface area (TPSA) is 77.9 Å². The molecule has 2 saturated heterocycles. The molecule has 3 rings (SSSR count). The van der Waals surface area contributed by atoms with Crippen molar-refractivity contribution in [3.05, 3.63) is 29.8 Å². The van der Waals surface area contributed by atoms with Crippen molar-refractivity contribution in [3.63, 3.8) is 0 Å². The highest BCUT2D eigenvalue weighted by Crippen LogP contribution is 2.29. The molecule has 2 aliphatic heterocycles. The second-order valence-corrected chi connectivity index (χ2v) is 8.02. The van der Waals surface area contributed by atoms with E-state index in [-0.39, 0.29) is 24.3 Å². The van der Waals surface area contributed by atoms with Crippen LogP contribution in [0.2, 0.25) is 0 Å². The van der Waals surface area contributed by atoms with Gasteiger partial charge in [-0.3, -0.25) is 14.4 Å². The number of nitrogens with zero attached hydrogens (tertiary/aromatic N) is 2. The van der Waals surface area contributed by atoms with Gasteiger partial charge < -0.3 is 14.9 Å². The Morgan fingerprint density at radius 1 is 1.12 bits per heavy atom. The number of rotatable bonds is 5. The standard InChI is InChI=1S/C19H24N2O4S/c1-13-10-21(11-15(13)19(24)25)18(23)14-6-2-3-7-16(14)26-12-17(22)20-8-4-5-9-20/h2-3,6-7,13,15H,4-5,8-12H2,1H3,(H,24,25)/t13-,15-/m1/s1. The van der Waals surface area contributed by atoms with E-state index in [1.54, 1.807) is 17.0 Å². The zero-order valence-corrected chi connectivity index (χ0v) is 15.7. The Hall–Kier alpha value is -2.02. The molecule has 6 nitrogen and oxygen atoms in total. The lowest BCUT2D eigenvalue weighted by Gasteiger charge is -2.19. The summed E-state index contributed by atoms with van der Waals surface area (Å²) < 4.78 is 0. The third-order valence-corrected chi connectivity index (χ3v) is 6.20. The van der Waals surface area contributed by atoms with Gasteiger partial charge in [0, 0.05) is 31.1 Å². The minimum atomic E-state index is -0.855. The number of aliphatic carboxylic acids is 1. The van der Waals surface area contributed by atoms with Crippen LogP contribution in [0.4, 0.5) is 0 Å². The number of likely N-dealkylation sites (tertiary alicyclic amines) is 2. The highest BCUT2D eigenvalue weighted by atomic mass is 32.2. The molecule has 0 saturated carbocycles. The van der Waals surface area contributed by atoms with Crippen molar-refractivity contribution >= 4 is 29.5 Å². The number of hydrogen-bond acceptors (Lipinski definition) is 4. The number of hydrogen-bond donors (Lipinski definition) is 1. The molecular formula is C19H24N2O4S. The van der Waals surface area contributed by atoms with E-state index < -0.39 is 11.9 Å². The lowest BCUT2D eigenvalue weighted by Crippen LogP contribution is -2.31. The second-order valence-electron chi connectivity index (χ2n) is 7.00. The van der Waals surface area contributed by atoms with Crippen LogP contribution in [0.15, 0.2) is 29.2 Å². The SMILES string of the molecule is C[C@@H]1CN(C(=O)c2ccccc2SCC(=O)N2CCCC2)C[C@H]1C(=O)O. The Kier molecular flexibility index (Phi) is 5.86. The van der Waals surface area contributed by atoms with E-state index in [1.807, 2.05) is 24.0 Å². The number of carbonyl (C=O) groups excluding carboxylic acids is 2. The summed E-state index contributed by atoms with van der Waals surface area (Å²) in [6.45, 7) is 4.19. The Morgan fingerprint density at radius 3 is 2.46 bits per heavy atom. The number of carbonyl (C=O) groups is 3. The van der Waals surface area contributed by atoms with Gasteiger partial charge in [0.2, 0.25) is 5.91 Å². The van der Waals surface area contributed by atoms with Gasteiger partial charge in [0.25, 0.3) is 5.91 Å². The summed E-state index contributed by atoms with van der Waals surface area (Å²) in [5.74, 6) is -1.17. The fraction of sp³-hybridized carbons (Fsp3) is 0.526. The highest BCUT2D eigenvalue weighted by molar-refractivity contribution is 8.00. The molecule has 0 aromatic heterocycles. The minimum absolute atomic E-state index is 0.0620. The van der Waals surface area contributed by atoms with E-state index in [2.05, 4.69) is 0 Å². The second kappa shape index (κ2) is 8.12. The molecule has 0 radical (unpaired) electrons. The molecule has 2 heterocycles. The molecule has 26 heavy (non-hydrogen) atoms. The van der Waals surface area contributed by atoms with Crippen molar-refractivity contribution in [3.8, 4) is 0 Å². The third-order valence-electron chi connectivity index (χ3n) is 5.14. The molecule has 1 N–H and O–H groups in total. The molecular weight excluding hydrogens is 352 g/mol. The van der Waals surface area contributed by atoms with Crippen LogP contribution in [0.1, 0.15) is 30.1 Å². The summed E-state index contributed by atoms with van der Waals surface area (Å²) in [6.07, 6.45) is 2.12. The van der Waals surface area contributed by atoms with E-state index in [0.717, 1.165) is 30.8 Å². The smallest absolute Gasteiger partial charge is 0.308 e. The average molecular weight is 376 g/mol. The fourth-order valence-electron chi connectivity index (χ4n) is 3.59. The number of carboxylic acids is 1. The first-order valence-corrected chi connectivity index (χ1v) is 9.97. The zero-order valence-electron chi connectivity index (χ0n) is 14.9. The first kappa shape index (κ1) is 18.8. The Balaban J connectivity index is 1.67. The summed E-state index contributed by atoms with van der Waals surface area (Å²) in [5.41, 5.74) is 0.546. The van der Waals surface area contributed by atoms with Crippen LogP contribution in [-0.2, 0) is 9.59 Å². The predicted octanol–water partition coefficient (Wildman–Crippen LogP) is 2.19. The maximum absolute atomic E-state index is 12.9. The predicted molar refractivity (Wildman–Crippen MR) is 99.2 cm³/mol. The average Bonchev–Trinajstić information content (AvgIpc) is 3.29. The Morgan fingerprint density at radius 2 is 1.81 bits per heavy atom. The van der Waals surface area contributed by atoms with Crippen molar-refractivity contribution in [2.24, 2.45) is 11.8 Å². The normalized spacial score (nSPS) is 22.7. The van der Waals surface area contributed by atoms with Gasteiger partial charge in [-0.1, -0.05) is 19.1 Å². The van der Waals surface area contributed by atoms with Gasteiger partial charge in [0.1, 0.15) is 0 Å². The van der Waals surface area contributed by atoms with E-state index in [1.165, 1.54) is 11.8 Å². The summed E-state index contributed by atoms with van der Waals surface area (Å²) in [5, 5.41) is 9.27. The van der Waals surface area contributed by atoms with Crippen LogP contribution < -0.4 is 0 Å². The van der Waals surface area contributed by atoms with Gasteiger partial charge in [0.05, 0.1) is 17.2 Å². The quantitative estimate of drug-likeness (QED) is 0.797. The van der Waals surface area contributed by atoms with Gasteiger partial charge in [-0.15, -0.1) is 11.8 Å². The van der Waals surface area contributed by atoms with Gasteiger partial charge in [-0.2, -0.15) is 0 Å². The summed E-state index contributed by atoms with van der Waals surface area (Å²) in [6, 6.07) is 7.26. The van der Waals surface area contributed by atoms with Gasteiger partial charge in [-0.25, -0.2) is 0 Å². The van der Waals surface area contributed by atoms with E-state index >= 15 is 0 Å². The fourth-order valence-corrected chi connectivity index (χ4v) is 4.54. The lowest BCUT2D eigenvalue weighted by molar-refractivity contribution is -0.142. The Labute approximate surface area is 157 Å². The van der Waals surface area contributed by atoms with Crippen LogP contribution >= 0.6 is 11.8 Å². The number of thioether (sulfide) groups is 1. The van der Waals surface area contributed by atoms with Crippen LogP contribution in [0, 0.1) is 11.8 Å². The van der Waals surface area contributed by atoms with Crippen molar-refractivity contribution in [1.29, 1.82) is 0 Å². The summed E-state index contributed by atoms with van der Waals surface area (Å²) >= 11 is 1.38. The highest BCUT2D eigenvalue weighted by Gasteiger charge is 2.37. The van der Waals surface area contributed by atoms with E-state index in [9.17, 15) is 19.5 Å². The number of benzene rings is 1. The largest absolute Gasteiger partial charge is 0.481 e. The molecule has 0 unspecified atom stereocenters. The maximum atomic E-state index is 12.9. The minimum Gasteiger partial charge on any atom is -0.481 e. The van der Waals surface area contributed by atoms with Crippen molar-refractivity contribution in [2.45, 2.75) is 24.7 Å². The molecule has 0 aliphatic carbocycles. The Bertz CT molecular complexity index is 703. The monoisotopic (exact) mass is 376 g/mol. The van der Waals surface area contributed by atoms with E-state index in [0.29, 0.717) is 17.9 Å². The van der Waals surface area contributed by atoms with Crippen LogP contribution in [0.25, 0.3) is 0 Å². The molecule has 2 fully saturated rings. The van der Waals surface area contributed by atoms with Gasteiger partial charge in [0.15, 0.2) is 0 Å². The lowest BCUT2D eigenvalue weighted by atomic mass is 9.99. The first-order valence-electron chi connectivity index (χ1n) is 8.99. The van der Waals surface area contributed by atoms with E-state index in [4.69, 9.17) is 0 Å². The molecule has 2 aliphatic rings.